The number of rotatable bonds is 7. The van der Waals surface area contributed by atoms with Gasteiger partial charge in [-0.2, -0.15) is 4.68 Å². The predicted octanol–water partition coefficient (Wildman–Crippen LogP) is 3.73. The van der Waals surface area contributed by atoms with Crippen LogP contribution in [0.15, 0.2) is 85.2 Å². The van der Waals surface area contributed by atoms with Gasteiger partial charge in [-0.15, -0.1) is 5.10 Å². The molecule has 0 aliphatic carbocycles. The Bertz CT molecular complexity index is 1490. The van der Waals surface area contributed by atoms with Crippen LogP contribution in [0.4, 0.5) is 5.69 Å². The molecule has 1 aliphatic heterocycles. The summed E-state index contributed by atoms with van der Waals surface area (Å²) in [5, 5.41) is 33.4. The van der Waals surface area contributed by atoms with Crippen molar-refractivity contribution in [1.82, 2.24) is 25.1 Å². The molecule has 40 heavy (non-hydrogen) atoms. The number of carbonyl (C=O) groups is 2. The van der Waals surface area contributed by atoms with Gasteiger partial charge >= 0.3 is 0 Å². The first kappa shape index (κ1) is 27.2. The third kappa shape index (κ3) is 6.09. The molecule has 2 atom stereocenters. The second kappa shape index (κ2) is 12.2. The number of piperidine rings is 1. The molecule has 3 N–H and O–H groups in total. The van der Waals surface area contributed by atoms with E-state index in [-0.39, 0.29) is 17.7 Å². The van der Waals surface area contributed by atoms with Crippen LogP contribution in [-0.2, 0) is 9.59 Å². The summed E-state index contributed by atoms with van der Waals surface area (Å²) < 4.78 is 1.48. The molecule has 1 fully saturated rings. The molecule has 4 aromatic rings. The van der Waals surface area contributed by atoms with Crippen molar-refractivity contribution in [3.05, 3.63) is 107 Å². The van der Waals surface area contributed by atoms with E-state index < -0.39 is 12.3 Å². The zero-order valence-corrected chi connectivity index (χ0v) is 22.1. The first-order chi connectivity index (χ1) is 19.4. The number of nitrogens with one attached hydrogen (secondary N) is 1. The van der Waals surface area contributed by atoms with Gasteiger partial charge in [-0.1, -0.05) is 54.1 Å². The van der Waals surface area contributed by atoms with E-state index >= 15 is 0 Å². The third-order valence-electron chi connectivity index (χ3n) is 6.88. The van der Waals surface area contributed by atoms with Gasteiger partial charge in [-0.25, -0.2) is 0 Å². The zero-order valence-electron chi connectivity index (χ0n) is 21.3. The summed E-state index contributed by atoms with van der Waals surface area (Å²) >= 11 is 6.23. The van der Waals surface area contributed by atoms with Gasteiger partial charge in [-0.3, -0.25) is 9.59 Å². The molecule has 0 bridgehead atoms. The normalized spacial score (nSPS) is 17.4. The van der Waals surface area contributed by atoms with Crippen molar-refractivity contribution in [2.24, 2.45) is 0 Å². The van der Waals surface area contributed by atoms with Crippen LogP contribution in [0.25, 0.3) is 11.8 Å². The molecule has 10 nitrogen and oxygen atoms in total. The molecule has 1 saturated heterocycles. The minimum Gasteiger partial charge on any atom is -0.364 e. The van der Waals surface area contributed by atoms with Crippen molar-refractivity contribution in [2.75, 3.05) is 11.9 Å². The van der Waals surface area contributed by atoms with Gasteiger partial charge in [0.15, 0.2) is 6.29 Å². The molecule has 204 valence electrons. The van der Waals surface area contributed by atoms with Crippen LogP contribution in [0, 0.1) is 0 Å². The zero-order chi connectivity index (χ0) is 28.1. The number of halogens is 1. The topological polar surface area (TPSA) is 133 Å². The first-order valence-corrected chi connectivity index (χ1v) is 13.1. The second-order valence-corrected chi connectivity index (χ2v) is 9.85. The smallest absolute Gasteiger partial charge is 0.247 e. The summed E-state index contributed by atoms with van der Waals surface area (Å²) in [6.07, 6.45) is 4.40. The number of aromatic nitrogens is 4. The largest absolute Gasteiger partial charge is 0.364 e. The van der Waals surface area contributed by atoms with Gasteiger partial charge in [0, 0.05) is 40.4 Å². The van der Waals surface area contributed by atoms with Crippen LogP contribution < -0.4 is 5.32 Å². The molecule has 1 aromatic heterocycles. The molecule has 0 unspecified atom stereocenters. The number of likely N-dealkylation sites (tertiary alicyclic amines) is 1. The maximum absolute atomic E-state index is 13.7. The Morgan fingerprint density at radius 1 is 1.05 bits per heavy atom. The van der Waals surface area contributed by atoms with Crippen molar-refractivity contribution < 1.29 is 19.8 Å². The number of tetrazole rings is 1. The average molecular weight is 559 g/mol. The Hall–Kier alpha value is -4.38. The second-order valence-electron chi connectivity index (χ2n) is 9.41. The molecule has 2 heterocycles. The van der Waals surface area contributed by atoms with Gasteiger partial charge < -0.3 is 20.4 Å². The lowest BCUT2D eigenvalue weighted by Gasteiger charge is -2.40. The summed E-state index contributed by atoms with van der Waals surface area (Å²) in [6, 6.07) is 20.3. The lowest BCUT2D eigenvalue weighted by molar-refractivity contribution is -0.137. The maximum Gasteiger partial charge on any atom is 0.247 e. The molecule has 11 heteroatoms. The van der Waals surface area contributed by atoms with Crippen molar-refractivity contribution in [3.63, 3.8) is 0 Å². The van der Waals surface area contributed by atoms with E-state index in [1.807, 2.05) is 30.3 Å². The van der Waals surface area contributed by atoms with E-state index in [1.54, 1.807) is 41.3 Å². The molecule has 3 aromatic carbocycles. The maximum atomic E-state index is 13.7. The Morgan fingerprint density at radius 2 is 1.82 bits per heavy atom. The van der Waals surface area contributed by atoms with Crippen molar-refractivity contribution in [2.45, 2.75) is 31.1 Å². The summed E-state index contributed by atoms with van der Waals surface area (Å²) in [4.78, 5) is 29.0. The predicted molar refractivity (Wildman–Crippen MR) is 149 cm³/mol. The minimum absolute atomic E-state index is 0.214. The lowest BCUT2D eigenvalue weighted by Crippen LogP contribution is -2.53. The number of anilines is 1. The SMILES string of the molecule is O=C(Nc1ccc(C(O)O)cc1)[C@H]1[C@@H](c2ccccc2)CCCN1C(=O)/C=C/c1cc(Cl)ccc1-n1cnnn1. The molecule has 5 rings (SSSR count). The summed E-state index contributed by atoms with van der Waals surface area (Å²) in [7, 11) is 0. The third-order valence-corrected chi connectivity index (χ3v) is 7.11. The Labute approximate surface area is 235 Å². The summed E-state index contributed by atoms with van der Waals surface area (Å²) in [5.41, 5.74) is 3.04. The molecule has 0 radical (unpaired) electrons. The number of carbonyl (C=O) groups excluding carboxylic acids is 2. The number of aliphatic hydroxyl groups excluding tert-OH is 1. The van der Waals surface area contributed by atoms with Crippen LogP contribution in [0.2, 0.25) is 5.02 Å². The Morgan fingerprint density at radius 3 is 2.52 bits per heavy atom. The van der Waals surface area contributed by atoms with E-state index in [9.17, 15) is 19.8 Å². The number of amides is 2. The fraction of sp³-hybridized carbons (Fsp3) is 0.207. The Balaban J connectivity index is 1.44. The van der Waals surface area contributed by atoms with Gasteiger partial charge in [0.1, 0.15) is 12.4 Å². The van der Waals surface area contributed by atoms with E-state index in [0.29, 0.717) is 34.1 Å². The fourth-order valence-corrected chi connectivity index (χ4v) is 5.15. The molecular weight excluding hydrogens is 532 g/mol. The fourth-order valence-electron chi connectivity index (χ4n) is 4.97. The molecule has 0 saturated carbocycles. The Kier molecular flexibility index (Phi) is 8.30. The van der Waals surface area contributed by atoms with Gasteiger partial charge in [0.05, 0.1) is 5.69 Å². The van der Waals surface area contributed by atoms with E-state index in [0.717, 1.165) is 18.4 Å². The summed E-state index contributed by atoms with van der Waals surface area (Å²) in [6.45, 7) is 0.412. The lowest BCUT2D eigenvalue weighted by atomic mass is 9.82. The van der Waals surface area contributed by atoms with Crippen LogP contribution in [0.1, 0.15) is 41.7 Å². The number of aliphatic hydroxyl groups is 2. The van der Waals surface area contributed by atoms with Crippen LogP contribution in [-0.4, -0.2) is 59.7 Å². The number of hydrogen-bond acceptors (Lipinski definition) is 7. The number of hydrogen-bond donors (Lipinski definition) is 3. The number of nitrogens with zero attached hydrogens (tertiary/aromatic N) is 5. The van der Waals surface area contributed by atoms with Crippen LogP contribution in [0.3, 0.4) is 0 Å². The average Bonchev–Trinajstić information content (AvgIpc) is 3.51. The molecule has 1 aliphatic rings. The number of benzene rings is 3. The molecular formula is C29H27ClN6O4. The molecule has 2 amide bonds. The van der Waals surface area contributed by atoms with Crippen LogP contribution >= 0.6 is 11.6 Å². The standard InChI is InChI=1S/C29H27ClN6O4/c30-22-11-14-25(36-18-31-33-34-36)21(17-22)10-15-26(37)35-16-4-7-24(19-5-2-1-3-6-19)27(35)28(38)32-23-12-8-20(9-13-23)29(39)40/h1-3,5-6,8-15,17-18,24,27,29,39-40H,4,7,16H2,(H,32,38)/b15-10+/t24-,27-/m1/s1. The van der Waals surface area contributed by atoms with Crippen LogP contribution in [0.5, 0.6) is 0 Å². The van der Waals surface area contributed by atoms with Gasteiger partial charge in [0.25, 0.3) is 0 Å². The van der Waals surface area contributed by atoms with Crippen molar-refractivity contribution >= 4 is 35.2 Å². The highest BCUT2D eigenvalue weighted by molar-refractivity contribution is 6.30. The van der Waals surface area contributed by atoms with Crippen molar-refractivity contribution in [3.8, 4) is 5.69 Å². The van der Waals surface area contributed by atoms with E-state index in [4.69, 9.17) is 11.6 Å². The molecule has 0 spiro atoms. The first-order valence-electron chi connectivity index (χ1n) is 12.7. The van der Waals surface area contributed by atoms with E-state index in [2.05, 4.69) is 20.8 Å². The summed E-state index contributed by atoms with van der Waals surface area (Å²) in [5.74, 6) is -0.860. The minimum atomic E-state index is -1.61. The highest BCUT2D eigenvalue weighted by Crippen LogP contribution is 2.34. The van der Waals surface area contributed by atoms with E-state index in [1.165, 1.54) is 29.2 Å². The highest BCUT2D eigenvalue weighted by Gasteiger charge is 2.39. The monoisotopic (exact) mass is 558 g/mol. The van der Waals surface area contributed by atoms with Gasteiger partial charge in [0.2, 0.25) is 11.8 Å². The highest BCUT2D eigenvalue weighted by atomic mass is 35.5. The van der Waals surface area contributed by atoms with Crippen molar-refractivity contribution in [1.29, 1.82) is 0 Å². The quantitative estimate of drug-likeness (QED) is 0.232. The van der Waals surface area contributed by atoms with Gasteiger partial charge in [-0.05, 0) is 65.2 Å².